The van der Waals surface area contributed by atoms with Gasteiger partial charge >= 0.3 is 12.0 Å². The SMILES string of the molecule is O=C(COC(=O)c1ccc(-c2nc3ccccc3s2)s1)NC(=O)NC1CC1. The zero-order valence-corrected chi connectivity index (χ0v) is 15.7. The van der Waals surface area contributed by atoms with Gasteiger partial charge in [-0.25, -0.2) is 14.6 Å². The molecule has 0 bridgehead atoms. The second kappa shape index (κ2) is 7.45. The number of thiophene rings is 1. The number of ether oxygens (including phenoxy) is 1. The van der Waals surface area contributed by atoms with Crippen LogP contribution in [0.4, 0.5) is 4.79 Å². The summed E-state index contributed by atoms with van der Waals surface area (Å²) in [6.45, 7) is -0.509. The molecular weight excluding hydrogens is 386 g/mol. The highest BCUT2D eigenvalue weighted by atomic mass is 32.1. The average Bonchev–Trinajstić information content (AvgIpc) is 3.17. The van der Waals surface area contributed by atoms with Crippen molar-refractivity contribution >= 4 is 50.8 Å². The number of nitrogens with one attached hydrogen (secondary N) is 2. The second-order valence-corrected chi connectivity index (χ2v) is 8.14. The van der Waals surface area contributed by atoms with Crippen molar-refractivity contribution in [3.63, 3.8) is 0 Å². The monoisotopic (exact) mass is 401 g/mol. The molecule has 7 nitrogen and oxygen atoms in total. The molecule has 9 heteroatoms. The quantitative estimate of drug-likeness (QED) is 0.640. The highest BCUT2D eigenvalue weighted by Crippen LogP contribution is 2.34. The molecule has 0 radical (unpaired) electrons. The molecule has 3 amide bonds. The van der Waals surface area contributed by atoms with E-state index in [1.165, 1.54) is 11.3 Å². The fourth-order valence-electron chi connectivity index (χ4n) is 2.35. The largest absolute Gasteiger partial charge is 0.451 e. The van der Waals surface area contributed by atoms with Crippen LogP contribution in [0.25, 0.3) is 20.1 Å². The molecule has 138 valence electrons. The van der Waals surface area contributed by atoms with Crippen molar-refractivity contribution in [1.29, 1.82) is 0 Å². The van der Waals surface area contributed by atoms with Crippen LogP contribution in [0.3, 0.4) is 0 Å². The van der Waals surface area contributed by atoms with Crippen molar-refractivity contribution in [3.05, 3.63) is 41.3 Å². The number of nitrogens with zero attached hydrogens (tertiary/aromatic N) is 1. The number of para-hydroxylation sites is 1. The smallest absolute Gasteiger partial charge is 0.348 e. The summed E-state index contributed by atoms with van der Waals surface area (Å²) in [6, 6.07) is 10.9. The average molecular weight is 401 g/mol. The van der Waals surface area contributed by atoms with Crippen molar-refractivity contribution in [2.24, 2.45) is 0 Å². The van der Waals surface area contributed by atoms with Crippen molar-refractivity contribution in [2.75, 3.05) is 6.61 Å². The third-order valence-corrected chi connectivity index (χ3v) is 6.08. The van der Waals surface area contributed by atoms with E-state index in [1.807, 2.05) is 30.3 Å². The molecular formula is C18H15N3O4S2. The molecule has 1 aromatic carbocycles. The minimum Gasteiger partial charge on any atom is -0.451 e. The van der Waals surface area contributed by atoms with Gasteiger partial charge in [0.25, 0.3) is 5.91 Å². The third kappa shape index (κ3) is 4.32. The standard InChI is InChI=1S/C18H15N3O4S2/c22-15(21-18(24)19-10-5-6-10)9-25-17(23)14-8-7-13(26-14)16-20-11-3-1-2-4-12(11)27-16/h1-4,7-8,10H,5-6,9H2,(H2,19,21,22,24). The number of rotatable bonds is 5. The molecule has 1 aliphatic rings. The van der Waals surface area contributed by atoms with Gasteiger partial charge in [-0.3, -0.25) is 10.1 Å². The molecule has 0 aliphatic heterocycles. The van der Waals surface area contributed by atoms with Crippen LogP contribution >= 0.6 is 22.7 Å². The van der Waals surface area contributed by atoms with Crippen LogP contribution in [0.15, 0.2) is 36.4 Å². The number of hydrogen-bond donors (Lipinski definition) is 2. The number of carbonyl (C=O) groups is 3. The summed E-state index contributed by atoms with van der Waals surface area (Å²) in [5.41, 5.74) is 0.913. The van der Waals surface area contributed by atoms with Crippen LogP contribution in [0, 0.1) is 0 Å². The number of fused-ring (bicyclic) bond motifs is 1. The fraction of sp³-hybridized carbons (Fsp3) is 0.222. The summed E-state index contributed by atoms with van der Waals surface area (Å²) in [5.74, 6) is -1.27. The number of imide groups is 1. The van der Waals surface area contributed by atoms with Gasteiger partial charge in [-0.15, -0.1) is 22.7 Å². The number of urea groups is 1. The summed E-state index contributed by atoms with van der Waals surface area (Å²) in [5, 5.41) is 5.58. The first-order chi connectivity index (χ1) is 13.1. The summed E-state index contributed by atoms with van der Waals surface area (Å²) < 4.78 is 6.06. The number of amides is 3. The first kappa shape index (κ1) is 17.6. The third-order valence-electron chi connectivity index (χ3n) is 3.81. The molecule has 0 unspecified atom stereocenters. The molecule has 0 saturated heterocycles. The van der Waals surface area contributed by atoms with Crippen molar-refractivity contribution < 1.29 is 19.1 Å². The Morgan fingerprint density at radius 2 is 1.93 bits per heavy atom. The Balaban J connectivity index is 1.34. The van der Waals surface area contributed by atoms with Gasteiger partial charge in [-0.2, -0.15) is 0 Å². The lowest BCUT2D eigenvalue weighted by atomic mass is 10.3. The lowest BCUT2D eigenvalue weighted by molar-refractivity contribution is -0.123. The van der Waals surface area contributed by atoms with Gasteiger partial charge in [0.2, 0.25) is 0 Å². The Kier molecular flexibility index (Phi) is 4.87. The molecule has 1 saturated carbocycles. The lowest BCUT2D eigenvalue weighted by Crippen LogP contribution is -2.42. The van der Waals surface area contributed by atoms with Gasteiger partial charge in [0.05, 0.1) is 15.1 Å². The molecule has 1 fully saturated rings. The highest BCUT2D eigenvalue weighted by Gasteiger charge is 2.24. The molecule has 2 aromatic heterocycles. The summed E-state index contributed by atoms with van der Waals surface area (Å²) in [6.07, 6.45) is 1.85. The van der Waals surface area contributed by atoms with Crippen molar-refractivity contribution in [1.82, 2.24) is 15.6 Å². The predicted octanol–water partition coefficient (Wildman–Crippen LogP) is 3.17. The van der Waals surface area contributed by atoms with E-state index in [0.29, 0.717) is 4.88 Å². The molecule has 2 N–H and O–H groups in total. The van der Waals surface area contributed by atoms with E-state index < -0.39 is 24.5 Å². The van der Waals surface area contributed by atoms with Gasteiger partial charge in [-0.05, 0) is 37.1 Å². The molecule has 1 aliphatic carbocycles. The van der Waals surface area contributed by atoms with Gasteiger partial charge in [-0.1, -0.05) is 12.1 Å². The molecule has 3 aromatic rings. The number of aromatic nitrogens is 1. The van der Waals surface area contributed by atoms with Gasteiger partial charge in [0.1, 0.15) is 9.88 Å². The van der Waals surface area contributed by atoms with E-state index in [1.54, 1.807) is 17.4 Å². The zero-order chi connectivity index (χ0) is 18.8. The number of carbonyl (C=O) groups excluding carboxylic acids is 3. The maximum Gasteiger partial charge on any atom is 0.348 e. The van der Waals surface area contributed by atoms with Gasteiger partial charge in [0, 0.05) is 6.04 Å². The van der Waals surface area contributed by atoms with E-state index in [0.717, 1.165) is 32.9 Å². The Hall–Kier alpha value is -2.78. The summed E-state index contributed by atoms with van der Waals surface area (Å²) in [4.78, 5) is 41.1. The number of thiazole rings is 1. The van der Waals surface area contributed by atoms with Crippen LogP contribution in [0.5, 0.6) is 0 Å². The normalized spacial score (nSPS) is 13.3. The fourth-order valence-corrected chi connectivity index (χ4v) is 4.27. The van der Waals surface area contributed by atoms with Crippen LogP contribution in [-0.2, 0) is 9.53 Å². The van der Waals surface area contributed by atoms with Crippen molar-refractivity contribution in [3.8, 4) is 9.88 Å². The van der Waals surface area contributed by atoms with Crippen molar-refractivity contribution in [2.45, 2.75) is 18.9 Å². The minimum absolute atomic E-state index is 0.146. The van der Waals surface area contributed by atoms with Gasteiger partial charge < -0.3 is 10.1 Å². The van der Waals surface area contributed by atoms with Crippen LogP contribution in [0.1, 0.15) is 22.5 Å². The highest BCUT2D eigenvalue weighted by molar-refractivity contribution is 7.26. The minimum atomic E-state index is -0.663. The maximum absolute atomic E-state index is 12.1. The molecule has 27 heavy (non-hydrogen) atoms. The van der Waals surface area contributed by atoms with Gasteiger partial charge in [0.15, 0.2) is 6.61 Å². The lowest BCUT2D eigenvalue weighted by Gasteiger charge is -2.05. The number of hydrogen-bond acceptors (Lipinski definition) is 7. The van der Waals surface area contributed by atoms with E-state index >= 15 is 0 Å². The zero-order valence-electron chi connectivity index (χ0n) is 14.1. The summed E-state index contributed by atoms with van der Waals surface area (Å²) >= 11 is 2.80. The predicted molar refractivity (Wildman–Crippen MR) is 103 cm³/mol. The maximum atomic E-state index is 12.1. The first-order valence-corrected chi connectivity index (χ1v) is 9.95. The van der Waals surface area contributed by atoms with Crippen LogP contribution < -0.4 is 10.6 Å². The molecule has 2 heterocycles. The van der Waals surface area contributed by atoms with E-state index in [2.05, 4.69) is 15.6 Å². The summed E-state index contributed by atoms with van der Waals surface area (Å²) in [7, 11) is 0. The molecule has 0 atom stereocenters. The Bertz CT molecular complexity index is 989. The topological polar surface area (TPSA) is 97.4 Å². The number of benzene rings is 1. The molecule has 4 rings (SSSR count). The Morgan fingerprint density at radius 1 is 1.11 bits per heavy atom. The number of esters is 1. The van der Waals surface area contributed by atoms with E-state index in [4.69, 9.17) is 4.74 Å². The Labute approximate surface area is 162 Å². The second-order valence-electron chi connectivity index (χ2n) is 6.02. The first-order valence-electron chi connectivity index (χ1n) is 8.32. The Morgan fingerprint density at radius 3 is 2.70 bits per heavy atom. The van der Waals surface area contributed by atoms with E-state index in [9.17, 15) is 14.4 Å². The van der Waals surface area contributed by atoms with Crippen LogP contribution in [0.2, 0.25) is 0 Å². The van der Waals surface area contributed by atoms with Crippen LogP contribution in [-0.4, -0.2) is 35.5 Å². The molecule has 0 spiro atoms. The van der Waals surface area contributed by atoms with E-state index in [-0.39, 0.29) is 6.04 Å².